The zero-order valence-electron chi connectivity index (χ0n) is 24.3. The molecule has 42 heavy (non-hydrogen) atoms. The summed E-state index contributed by atoms with van der Waals surface area (Å²) in [6.07, 6.45) is 2.76. The molecule has 218 valence electrons. The van der Waals surface area contributed by atoms with Crippen molar-refractivity contribution in [2.24, 2.45) is 16.9 Å². The smallest absolute Gasteiger partial charge is 0.274 e. The van der Waals surface area contributed by atoms with E-state index in [1.54, 1.807) is 18.2 Å². The van der Waals surface area contributed by atoms with Gasteiger partial charge in [0.1, 0.15) is 5.82 Å². The summed E-state index contributed by atoms with van der Waals surface area (Å²) in [5, 5.41) is 9.59. The van der Waals surface area contributed by atoms with Gasteiger partial charge in [-0.3, -0.25) is 9.59 Å². The standard InChI is InChI=1S/C35H37ClFN3O2/c1-35(2,3)23-15-13-22(14-16-23)34(42)40-30(25-11-7-8-12-27(25)37)20-29(39-40)32-31(21-9-5-4-6-10-21)26-19-24(36)17-18-28(26)38-33(32)41/h4-16,24,26,28,30-32H,17-20H2,1-3H3,(H,38,41). The Labute approximate surface area is 252 Å². The summed E-state index contributed by atoms with van der Waals surface area (Å²) in [7, 11) is 0. The monoisotopic (exact) mass is 585 g/mol. The Balaban J connectivity index is 1.42. The highest BCUT2D eigenvalue weighted by molar-refractivity contribution is 6.20. The van der Waals surface area contributed by atoms with Gasteiger partial charge in [0.25, 0.3) is 5.91 Å². The van der Waals surface area contributed by atoms with Gasteiger partial charge in [0.2, 0.25) is 5.91 Å². The Kier molecular flexibility index (Phi) is 7.69. The third-order valence-electron chi connectivity index (χ3n) is 9.21. The molecule has 0 radical (unpaired) electrons. The molecule has 2 heterocycles. The summed E-state index contributed by atoms with van der Waals surface area (Å²) < 4.78 is 15.2. The molecule has 3 aliphatic rings. The van der Waals surface area contributed by atoms with Crippen LogP contribution in [-0.2, 0) is 10.2 Å². The predicted molar refractivity (Wildman–Crippen MR) is 164 cm³/mol. The van der Waals surface area contributed by atoms with Crippen molar-refractivity contribution in [3.63, 3.8) is 0 Å². The first-order chi connectivity index (χ1) is 20.1. The van der Waals surface area contributed by atoms with Crippen LogP contribution in [0.5, 0.6) is 0 Å². The van der Waals surface area contributed by atoms with Gasteiger partial charge in [-0.2, -0.15) is 5.10 Å². The average molecular weight is 586 g/mol. The van der Waals surface area contributed by atoms with Crippen LogP contribution in [-0.4, -0.2) is 34.0 Å². The fourth-order valence-corrected chi connectivity index (χ4v) is 7.36. The Morgan fingerprint density at radius 2 is 1.67 bits per heavy atom. The Bertz CT molecular complexity index is 1500. The first kappa shape index (κ1) is 28.6. The predicted octanol–water partition coefficient (Wildman–Crippen LogP) is 7.37. The lowest BCUT2D eigenvalue weighted by atomic mass is 9.64. The second-order valence-electron chi connectivity index (χ2n) is 12.9. The number of carbonyl (C=O) groups is 2. The summed E-state index contributed by atoms with van der Waals surface area (Å²) in [5.74, 6) is -1.41. The molecule has 0 spiro atoms. The minimum absolute atomic E-state index is 0.0392. The number of hydrogen-bond acceptors (Lipinski definition) is 3. The zero-order chi connectivity index (χ0) is 29.6. The number of nitrogens with one attached hydrogen (secondary N) is 1. The van der Waals surface area contributed by atoms with Crippen molar-refractivity contribution in [1.82, 2.24) is 10.3 Å². The number of halogens is 2. The number of nitrogens with zero attached hydrogens (tertiary/aromatic N) is 2. The van der Waals surface area contributed by atoms with Gasteiger partial charge in [-0.05, 0) is 59.9 Å². The summed E-state index contributed by atoms with van der Waals surface area (Å²) >= 11 is 6.69. The van der Waals surface area contributed by atoms with Crippen LogP contribution in [0.25, 0.3) is 0 Å². The Morgan fingerprint density at radius 3 is 2.36 bits per heavy atom. The van der Waals surface area contributed by atoms with Crippen LogP contribution in [0.2, 0.25) is 0 Å². The molecule has 1 N–H and O–H groups in total. The molecule has 7 heteroatoms. The van der Waals surface area contributed by atoms with Crippen molar-refractivity contribution in [2.45, 2.75) is 75.2 Å². The normalized spacial score (nSPS) is 27.7. The molecule has 1 saturated heterocycles. The molecular weight excluding hydrogens is 549 g/mol. The molecule has 6 rings (SSSR count). The van der Waals surface area contributed by atoms with Gasteiger partial charge < -0.3 is 5.32 Å². The summed E-state index contributed by atoms with van der Waals surface area (Å²) in [5.41, 5.74) is 3.57. The molecule has 1 aliphatic carbocycles. The van der Waals surface area contributed by atoms with E-state index in [9.17, 15) is 9.59 Å². The second-order valence-corrected chi connectivity index (χ2v) is 13.5. The number of carbonyl (C=O) groups excluding carboxylic acids is 2. The van der Waals surface area contributed by atoms with E-state index in [4.69, 9.17) is 16.7 Å². The first-order valence-corrected chi connectivity index (χ1v) is 15.3. The molecule has 6 atom stereocenters. The maximum absolute atomic E-state index is 15.2. The number of piperidine rings is 1. The number of amides is 2. The molecule has 5 nitrogen and oxygen atoms in total. The van der Waals surface area contributed by atoms with E-state index in [1.807, 2.05) is 42.5 Å². The van der Waals surface area contributed by atoms with Gasteiger partial charge in [-0.15, -0.1) is 11.6 Å². The van der Waals surface area contributed by atoms with Crippen molar-refractivity contribution >= 4 is 29.1 Å². The zero-order valence-corrected chi connectivity index (χ0v) is 25.0. The quantitative estimate of drug-likeness (QED) is 0.325. The molecule has 3 aromatic rings. The number of fused-ring (bicyclic) bond motifs is 1. The minimum Gasteiger partial charge on any atom is -0.352 e. The minimum atomic E-state index is -0.662. The highest BCUT2D eigenvalue weighted by atomic mass is 35.5. The third kappa shape index (κ3) is 5.37. The molecule has 0 aromatic heterocycles. The van der Waals surface area contributed by atoms with Crippen molar-refractivity contribution in [3.05, 3.63) is 107 Å². The van der Waals surface area contributed by atoms with Gasteiger partial charge in [0, 0.05) is 34.9 Å². The largest absolute Gasteiger partial charge is 0.352 e. The fourth-order valence-electron chi connectivity index (χ4n) is 7.03. The molecule has 2 aliphatic heterocycles. The molecule has 1 saturated carbocycles. The fraction of sp³-hybridized carbons (Fsp3) is 0.400. The van der Waals surface area contributed by atoms with Gasteiger partial charge in [0.15, 0.2) is 0 Å². The van der Waals surface area contributed by atoms with Gasteiger partial charge in [0.05, 0.1) is 17.7 Å². The van der Waals surface area contributed by atoms with E-state index in [0.29, 0.717) is 16.8 Å². The van der Waals surface area contributed by atoms with Crippen molar-refractivity contribution in [2.75, 3.05) is 0 Å². The van der Waals surface area contributed by atoms with Crippen LogP contribution in [0, 0.1) is 17.7 Å². The highest BCUT2D eigenvalue weighted by Crippen LogP contribution is 2.48. The number of hydrogen-bond donors (Lipinski definition) is 1. The maximum Gasteiger partial charge on any atom is 0.274 e. The highest BCUT2D eigenvalue weighted by Gasteiger charge is 2.51. The van der Waals surface area contributed by atoms with Crippen LogP contribution in [0.3, 0.4) is 0 Å². The number of rotatable bonds is 4. The van der Waals surface area contributed by atoms with Gasteiger partial charge in [-0.1, -0.05) is 81.4 Å². The lowest BCUT2D eigenvalue weighted by Gasteiger charge is -2.46. The van der Waals surface area contributed by atoms with E-state index in [2.05, 4.69) is 38.2 Å². The lowest BCUT2D eigenvalue weighted by Crippen LogP contribution is -2.57. The van der Waals surface area contributed by atoms with Crippen LogP contribution in [0.4, 0.5) is 4.39 Å². The van der Waals surface area contributed by atoms with E-state index in [0.717, 1.165) is 30.4 Å². The SMILES string of the molecule is CC(C)(C)c1ccc(C(=O)N2N=C(C3C(=O)NC4CCC(Cl)CC4C3c3ccccc3)CC2c2ccccc2F)cc1. The number of hydrazone groups is 1. The van der Waals surface area contributed by atoms with Crippen LogP contribution >= 0.6 is 11.6 Å². The van der Waals surface area contributed by atoms with Gasteiger partial charge >= 0.3 is 0 Å². The van der Waals surface area contributed by atoms with Crippen molar-refractivity contribution in [3.8, 4) is 0 Å². The Hall–Kier alpha value is -3.51. The van der Waals surface area contributed by atoms with Crippen LogP contribution in [0.1, 0.15) is 85.5 Å². The third-order valence-corrected chi connectivity index (χ3v) is 9.61. The van der Waals surface area contributed by atoms with Crippen molar-refractivity contribution < 1.29 is 14.0 Å². The summed E-state index contributed by atoms with van der Waals surface area (Å²) in [6, 6.07) is 23.5. The number of benzene rings is 3. The average Bonchev–Trinajstić information content (AvgIpc) is 3.41. The number of alkyl halides is 1. The topological polar surface area (TPSA) is 61.8 Å². The molecular formula is C35H37ClFN3O2. The van der Waals surface area contributed by atoms with Crippen LogP contribution < -0.4 is 5.32 Å². The lowest BCUT2D eigenvalue weighted by molar-refractivity contribution is -0.128. The molecule has 6 unspecified atom stereocenters. The molecule has 2 fully saturated rings. The van der Waals surface area contributed by atoms with E-state index in [1.165, 1.54) is 11.1 Å². The second kappa shape index (κ2) is 11.3. The van der Waals surface area contributed by atoms with Crippen molar-refractivity contribution in [1.29, 1.82) is 0 Å². The van der Waals surface area contributed by atoms with E-state index < -0.39 is 17.8 Å². The summed E-state index contributed by atoms with van der Waals surface area (Å²) in [4.78, 5) is 27.9. The molecule has 3 aromatic carbocycles. The van der Waals surface area contributed by atoms with Crippen LogP contribution in [0.15, 0.2) is 84.0 Å². The molecule has 2 amide bonds. The molecule has 0 bridgehead atoms. The maximum atomic E-state index is 15.2. The van der Waals surface area contributed by atoms with E-state index >= 15 is 4.39 Å². The summed E-state index contributed by atoms with van der Waals surface area (Å²) in [6.45, 7) is 6.37. The Morgan fingerprint density at radius 1 is 0.976 bits per heavy atom. The van der Waals surface area contributed by atoms with Gasteiger partial charge in [-0.25, -0.2) is 9.40 Å². The first-order valence-electron chi connectivity index (χ1n) is 14.9. The van der Waals surface area contributed by atoms with E-state index in [-0.39, 0.29) is 46.9 Å².